The van der Waals surface area contributed by atoms with Gasteiger partial charge in [0, 0.05) is 17.8 Å². The van der Waals surface area contributed by atoms with E-state index in [4.69, 9.17) is 10.3 Å². The van der Waals surface area contributed by atoms with Gasteiger partial charge >= 0.3 is 5.91 Å². The van der Waals surface area contributed by atoms with E-state index in [0.717, 1.165) is 23.6 Å². The molecule has 0 spiro atoms. The van der Waals surface area contributed by atoms with Gasteiger partial charge in [-0.3, -0.25) is 10.2 Å². The van der Waals surface area contributed by atoms with Crippen LogP contribution in [0.4, 0.5) is 5.69 Å². The fourth-order valence-corrected chi connectivity index (χ4v) is 2.25. The number of hydrogen-bond acceptors (Lipinski definition) is 4. The SMILES string of the molecule is CCN(Cc1cc(C)c(C(=O)NN)o1)c1ccc(C)cc1. The van der Waals surface area contributed by atoms with Gasteiger partial charge in [0.1, 0.15) is 5.76 Å². The molecule has 1 amide bonds. The topological polar surface area (TPSA) is 71.5 Å². The number of nitrogens with zero attached hydrogens (tertiary/aromatic N) is 1. The van der Waals surface area contributed by atoms with Crippen LogP contribution in [0, 0.1) is 13.8 Å². The highest BCUT2D eigenvalue weighted by Crippen LogP contribution is 2.21. The standard InChI is InChI=1S/C16H21N3O2/c1-4-19(13-7-5-11(2)6-8-13)10-14-9-12(3)15(21-14)16(20)18-17/h5-9H,4,10,17H2,1-3H3,(H,18,20). The molecule has 0 saturated carbocycles. The quantitative estimate of drug-likeness (QED) is 0.503. The molecule has 3 N–H and O–H groups in total. The van der Waals surface area contributed by atoms with E-state index in [1.54, 1.807) is 0 Å². The zero-order valence-electron chi connectivity index (χ0n) is 12.6. The highest BCUT2D eigenvalue weighted by atomic mass is 16.4. The summed E-state index contributed by atoms with van der Waals surface area (Å²) in [5.74, 6) is 5.75. The molecular weight excluding hydrogens is 266 g/mol. The summed E-state index contributed by atoms with van der Waals surface area (Å²) in [5.41, 5.74) is 5.23. The normalized spacial score (nSPS) is 10.5. The molecule has 21 heavy (non-hydrogen) atoms. The maximum absolute atomic E-state index is 11.6. The Balaban J connectivity index is 2.19. The molecule has 0 aliphatic rings. The summed E-state index contributed by atoms with van der Waals surface area (Å²) in [6.07, 6.45) is 0. The van der Waals surface area contributed by atoms with Gasteiger partial charge in [0.2, 0.25) is 0 Å². The van der Waals surface area contributed by atoms with Crippen molar-refractivity contribution in [2.24, 2.45) is 5.84 Å². The number of nitrogens with one attached hydrogen (secondary N) is 1. The summed E-state index contributed by atoms with van der Waals surface area (Å²) < 4.78 is 5.61. The summed E-state index contributed by atoms with van der Waals surface area (Å²) in [5, 5.41) is 0. The molecule has 5 nitrogen and oxygen atoms in total. The molecule has 0 aliphatic carbocycles. The van der Waals surface area contributed by atoms with Crippen molar-refractivity contribution in [1.82, 2.24) is 5.43 Å². The lowest BCUT2D eigenvalue weighted by atomic mass is 10.2. The Morgan fingerprint density at radius 3 is 2.52 bits per heavy atom. The third-order valence-electron chi connectivity index (χ3n) is 3.43. The highest BCUT2D eigenvalue weighted by Gasteiger charge is 2.16. The van der Waals surface area contributed by atoms with Gasteiger partial charge in [0.05, 0.1) is 6.54 Å². The van der Waals surface area contributed by atoms with E-state index in [-0.39, 0.29) is 5.76 Å². The zero-order valence-corrected chi connectivity index (χ0v) is 12.6. The molecule has 1 aromatic heterocycles. The van der Waals surface area contributed by atoms with E-state index in [9.17, 15) is 4.79 Å². The van der Waals surface area contributed by atoms with Crippen molar-refractivity contribution in [2.45, 2.75) is 27.3 Å². The van der Waals surface area contributed by atoms with Crippen LogP contribution in [0.1, 0.15) is 34.4 Å². The number of anilines is 1. The lowest BCUT2D eigenvalue weighted by Crippen LogP contribution is -2.30. The zero-order chi connectivity index (χ0) is 15.4. The first kappa shape index (κ1) is 15.1. The molecule has 1 aromatic carbocycles. The summed E-state index contributed by atoms with van der Waals surface area (Å²) in [4.78, 5) is 13.7. The average Bonchev–Trinajstić information content (AvgIpc) is 2.85. The van der Waals surface area contributed by atoms with Crippen molar-refractivity contribution >= 4 is 11.6 Å². The minimum absolute atomic E-state index is 0.271. The molecule has 0 unspecified atom stereocenters. The number of rotatable bonds is 5. The number of aryl methyl sites for hydroxylation is 2. The van der Waals surface area contributed by atoms with E-state index in [0.29, 0.717) is 6.54 Å². The molecule has 1 heterocycles. The van der Waals surface area contributed by atoms with Crippen LogP contribution in [0.25, 0.3) is 0 Å². The lowest BCUT2D eigenvalue weighted by molar-refractivity contribution is 0.0923. The Morgan fingerprint density at radius 2 is 1.95 bits per heavy atom. The van der Waals surface area contributed by atoms with Crippen molar-refractivity contribution in [3.05, 3.63) is 53.0 Å². The van der Waals surface area contributed by atoms with Crippen LogP contribution in [-0.2, 0) is 6.54 Å². The largest absolute Gasteiger partial charge is 0.454 e. The van der Waals surface area contributed by atoms with E-state index in [1.165, 1.54) is 5.56 Å². The summed E-state index contributed by atoms with van der Waals surface area (Å²) in [7, 11) is 0. The Hall–Kier alpha value is -2.27. The number of furan rings is 1. The molecule has 2 rings (SSSR count). The number of benzene rings is 1. The van der Waals surface area contributed by atoms with Crippen LogP contribution < -0.4 is 16.2 Å². The van der Waals surface area contributed by atoms with Crippen LogP contribution in [0.2, 0.25) is 0 Å². The number of carbonyl (C=O) groups is 1. The number of nitrogen functional groups attached to an aromatic ring is 1. The second-order valence-corrected chi connectivity index (χ2v) is 5.05. The number of carbonyl (C=O) groups excluding carboxylic acids is 1. The molecule has 2 aromatic rings. The van der Waals surface area contributed by atoms with Crippen LogP contribution in [-0.4, -0.2) is 12.5 Å². The van der Waals surface area contributed by atoms with Crippen molar-refractivity contribution in [3.8, 4) is 0 Å². The molecule has 0 saturated heterocycles. The Kier molecular flexibility index (Phi) is 4.65. The van der Waals surface area contributed by atoms with Gasteiger partial charge in [0.25, 0.3) is 0 Å². The van der Waals surface area contributed by atoms with Gasteiger partial charge < -0.3 is 9.32 Å². The maximum atomic E-state index is 11.6. The van der Waals surface area contributed by atoms with Gasteiger partial charge in [-0.25, -0.2) is 5.84 Å². The molecule has 112 valence electrons. The third-order valence-corrected chi connectivity index (χ3v) is 3.43. The van der Waals surface area contributed by atoms with Crippen LogP contribution >= 0.6 is 0 Å². The highest BCUT2D eigenvalue weighted by molar-refractivity contribution is 5.92. The van der Waals surface area contributed by atoms with Crippen molar-refractivity contribution < 1.29 is 9.21 Å². The number of hydrogen-bond donors (Lipinski definition) is 2. The van der Waals surface area contributed by atoms with Gasteiger partial charge in [0.15, 0.2) is 5.76 Å². The van der Waals surface area contributed by atoms with Gasteiger partial charge in [-0.2, -0.15) is 0 Å². The molecule has 0 bridgehead atoms. The monoisotopic (exact) mass is 287 g/mol. The number of hydrazine groups is 1. The second-order valence-electron chi connectivity index (χ2n) is 5.05. The first-order chi connectivity index (χ1) is 10.0. The maximum Gasteiger partial charge on any atom is 0.301 e. The second kappa shape index (κ2) is 6.45. The van der Waals surface area contributed by atoms with Gasteiger partial charge in [-0.05, 0) is 39.0 Å². The fraction of sp³-hybridized carbons (Fsp3) is 0.312. The van der Waals surface area contributed by atoms with E-state index >= 15 is 0 Å². The molecule has 0 radical (unpaired) electrons. The fourth-order valence-electron chi connectivity index (χ4n) is 2.25. The van der Waals surface area contributed by atoms with E-state index in [1.807, 2.05) is 13.0 Å². The summed E-state index contributed by atoms with van der Waals surface area (Å²) in [6.45, 7) is 7.44. The smallest absolute Gasteiger partial charge is 0.301 e. The predicted molar refractivity (Wildman–Crippen MR) is 83.0 cm³/mol. The minimum atomic E-state index is -0.405. The average molecular weight is 287 g/mol. The molecule has 0 atom stereocenters. The van der Waals surface area contributed by atoms with Crippen LogP contribution in [0.5, 0.6) is 0 Å². The Bertz CT molecular complexity index is 617. The molecule has 0 fully saturated rings. The molecule has 0 aliphatic heterocycles. The van der Waals surface area contributed by atoms with E-state index in [2.05, 4.69) is 48.4 Å². The van der Waals surface area contributed by atoms with Gasteiger partial charge in [-0.15, -0.1) is 0 Å². The molecular formula is C16H21N3O2. The first-order valence-corrected chi connectivity index (χ1v) is 6.97. The molecule has 5 heteroatoms. The van der Waals surface area contributed by atoms with Gasteiger partial charge in [-0.1, -0.05) is 17.7 Å². The number of nitrogens with two attached hydrogens (primary N) is 1. The minimum Gasteiger partial charge on any atom is -0.454 e. The third kappa shape index (κ3) is 3.44. The van der Waals surface area contributed by atoms with E-state index < -0.39 is 5.91 Å². The first-order valence-electron chi connectivity index (χ1n) is 6.97. The number of amides is 1. The summed E-state index contributed by atoms with van der Waals surface area (Å²) >= 11 is 0. The lowest BCUT2D eigenvalue weighted by Gasteiger charge is -2.22. The van der Waals surface area contributed by atoms with Crippen molar-refractivity contribution in [1.29, 1.82) is 0 Å². The van der Waals surface area contributed by atoms with Crippen LogP contribution in [0.15, 0.2) is 34.7 Å². The predicted octanol–water partition coefficient (Wildman–Crippen LogP) is 2.53. The summed E-state index contributed by atoms with van der Waals surface area (Å²) in [6, 6.07) is 10.2. The van der Waals surface area contributed by atoms with Crippen LogP contribution in [0.3, 0.4) is 0 Å². The Labute approximate surface area is 124 Å². The Morgan fingerprint density at radius 1 is 1.29 bits per heavy atom. The van der Waals surface area contributed by atoms with Crippen molar-refractivity contribution in [2.75, 3.05) is 11.4 Å². The van der Waals surface area contributed by atoms with Crippen molar-refractivity contribution in [3.63, 3.8) is 0 Å².